The van der Waals surface area contributed by atoms with Gasteiger partial charge < -0.3 is 10.6 Å². The Balaban J connectivity index is 2.90. The van der Waals surface area contributed by atoms with Gasteiger partial charge in [-0.05, 0) is 25.6 Å². The normalized spacial score (nSPS) is 12.9. The first-order valence-electron chi connectivity index (χ1n) is 6.42. The highest BCUT2D eigenvalue weighted by Crippen LogP contribution is 2.10. The van der Waals surface area contributed by atoms with Crippen LogP contribution in [0.2, 0.25) is 0 Å². The summed E-state index contributed by atoms with van der Waals surface area (Å²) in [5, 5.41) is 5.41. The van der Waals surface area contributed by atoms with E-state index in [4.69, 9.17) is 0 Å². The molecular formula is C13H21N3O3S. The predicted molar refractivity (Wildman–Crippen MR) is 77.9 cm³/mol. The molecule has 6 nitrogen and oxygen atoms in total. The van der Waals surface area contributed by atoms with E-state index in [1.54, 1.807) is 12.1 Å². The average molecular weight is 299 g/mol. The highest BCUT2D eigenvalue weighted by molar-refractivity contribution is 7.89. The van der Waals surface area contributed by atoms with Gasteiger partial charge in [-0.2, -0.15) is 4.72 Å². The Morgan fingerprint density at radius 3 is 2.35 bits per heavy atom. The molecule has 0 aliphatic carbocycles. The van der Waals surface area contributed by atoms with E-state index in [2.05, 4.69) is 15.4 Å². The number of nitrogens with one attached hydrogen (secondary N) is 3. The third kappa shape index (κ3) is 4.59. The van der Waals surface area contributed by atoms with Gasteiger partial charge in [0, 0.05) is 13.6 Å². The van der Waals surface area contributed by atoms with Crippen LogP contribution in [-0.2, 0) is 14.8 Å². The second kappa shape index (κ2) is 7.37. The van der Waals surface area contributed by atoms with Crippen LogP contribution < -0.4 is 15.4 Å². The van der Waals surface area contributed by atoms with Gasteiger partial charge in [0.2, 0.25) is 15.9 Å². The summed E-state index contributed by atoms with van der Waals surface area (Å²) in [4.78, 5) is 11.8. The van der Waals surface area contributed by atoms with E-state index in [1.807, 2.05) is 13.8 Å². The first kappa shape index (κ1) is 16.6. The van der Waals surface area contributed by atoms with E-state index in [0.717, 1.165) is 5.56 Å². The number of amides is 1. The molecule has 0 unspecified atom stereocenters. The number of hydrogen-bond donors (Lipinski definition) is 3. The summed E-state index contributed by atoms with van der Waals surface area (Å²) in [5.41, 5.74) is 0.972. The number of sulfonamides is 1. The summed E-state index contributed by atoms with van der Waals surface area (Å²) >= 11 is 0. The van der Waals surface area contributed by atoms with Gasteiger partial charge in [0.05, 0.1) is 4.90 Å². The second-order valence-corrected chi connectivity index (χ2v) is 6.12. The fourth-order valence-corrected chi connectivity index (χ4v) is 2.82. The predicted octanol–water partition coefficient (Wildman–Crippen LogP) is -0.00258. The Bertz CT molecular complexity index is 540. The fraction of sp³-hybridized carbons (Fsp3) is 0.462. The first-order chi connectivity index (χ1) is 9.40. The minimum Gasteiger partial charge on any atom is -0.358 e. The largest absolute Gasteiger partial charge is 0.358 e. The topological polar surface area (TPSA) is 87.3 Å². The molecule has 0 heterocycles. The standard InChI is InChI=1S/C13H21N3O3S/c1-4-15-9-12(13(17)14-3)16-20(18,19)11-7-5-10(2)6-8-11/h5-8,12,15-16H,4,9H2,1-3H3,(H,14,17)/t12-/m0/s1. The molecule has 1 amide bonds. The molecule has 0 aliphatic heterocycles. The molecule has 1 aromatic carbocycles. The quantitative estimate of drug-likeness (QED) is 0.661. The van der Waals surface area contributed by atoms with Crippen molar-refractivity contribution in [3.05, 3.63) is 29.8 Å². The maximum atomic E-state index is 12.2. The molecule has 0 aliphatic rings. The van der Waals surface area contributed by atoms with Crippen LogP contribution in [0.1, 0.15) is 12.5 Å². The summed E-state index contributed by atoms with van der Waals surface area (Å²) in [7, 11) is -2.24. The molecule has 0 aromatic heterocycles. The molecule has 7 heteroatoms. The summed E-state index contributed by atoms with van der Waals surface area (Å²) in [6, 6.07) is 5.63. The van der Waals surface area contributed by atoms with Gasteiger partial charge >= 0.3 is 0 Å². The molecular weight excluding hydrogens is 278 g/mol. The van der Waals surface area contributed by atoms with Gasteiger partial charge in [-0.1, -0.05) is 24.6 Å². The third-order valence-electron chi connectivity index (χ3n) is 2.79. The number of rotatable bonds is 7. The van der Waals surface area contributed by atoms with Crippen LogP contribution in [0.15, 0.2) is 29.2 Å². The van der Waals surface area contributed by atoms with Crippen LogP contribution in [0.3, 0.4) is 0 Å². The van der Waals surface area contributed by atoms with Gasteiger partial charge in [-0.3, -0.25) is 4.79 Å². The number of carbonyl (C=O) groups is 1. The Labute approximate surface area is 120 Å². The fourth-order valence-electron chi connectivity index (χ4n) is 1.62. The van der Waals surface area contributed by atoms with E-state index in [-0.39, 0.29) is 17.3 Å². The monoisotopic (exact) mass is 299 g/mol. The van der Waals surface area contributed by atoms with Crippen molar-refractivity contribution in [2.75, 3.05) is 20.1 Å². The van der Waals surface area contributed by atoms with Gasteiger partial charge in [-0.15, -0.1) is 0 Å². The van der Waals surface area contributed by atoms with Gasteiger partial charge in [-0.25, -0.2) is 8.42 Å². The third-order valence-corrected chi connectivity index (χ3v) is 4.28. The molecule has 20 heavy (non-hydrogen) atoms. The highest BCUT2D eigenvalue weighted by Gasteiger charge is 2.24. The van der Waals surface area contributed by atoms with Crippen LogP contribution in [0.5, 0.6) is 0 Å². The van der Waals surface area contributed by atoms with Crippen LogP contribution in [0, 0.1) is 6.92 Å². The maximum Gasteiger partial charge on any atom is 0.241 e. The molecule has 1 aromatic rings. The molecule has 0 saturated heterocycles. The maximum absolute atomic E-state index is 12.2. The van der Waals surface area contributed by atoms with Crippen molar-refractivity contribution >= 4 is 15.9 Å². The zero-order valence-electron chi connectivity index (χ0n) is 11.9. The van der Waals surface area contributed by atoms with Gasteiger partial charge in [0.15, 0.2) is 0 Å². The number of carbonyl (C=O) groups excluding carboxylic acids is 1. The van der Waals surface area contributed by atoms with Crippen LogP contribution in [-0.4, -0.2) is 40.5 Å². The van der Waals surface area contributed by atoms with Crippen molar-refractivity contribution in [1.82, 2.24) is 15.4 Å². The minimum atomic E-state index is -3.71. The molecule has 0 saturated carbocycles. The van der Waals surface area contributed by atoms with Crippen molar-refractivity contribution in [3.63, 3.8) is 0 Å². The number of aryl methyl sites for hydroxylation is 1. The zero-order valence-corrected chi connectivity index (χ0v) is 12.8. The molecule has 0 bridgehead atoms. The lowest BCUT2D eigenvalue weighted by Gasteiger charge is -2.17. The van der Waals surface area contributed by atoms with E-state index in [9.17, 15) is 13.2 Å². The van der Waals surface area contributed by atoms with Crippen LogP contribution in [0.4, 0.5) is 0 Å². The lowest BCUT2D eigenvalue weighted by Crippen LogP contribution is -2.50. The summed E-state index contributed by atoms with van der Waals surface area (Å²) in [6.45, 7) is 4.65. The van der Waals surface area contributed by atoms with Crippen molar-refractivity contribution in [1.29, 1.82) is 0 Å². The lowest BCUT2D eigenvalue weighted by atomic mass is 10.2. The molecule has 1 rings (SSSR count). The second-order valence-electron chi connectivity index (χ2n) is 4.41. The number of benzene rings is 1. The van der Waals surface area contributed by atoms with E-state index >= 15 is 0 Å². The average Bonchev–Trinajstić information content (AvgIpc) is 2.43. The summed E-state index contributed by atoms with van der Waals surface area (Å²) in [6.07, 6.45) is 0. The number of likely N-dealkylation sites (N-methyl/N-ethyl adjacent to an activating group) is 2. The Morgan fingerprint density at radius 1 is 1.25 bits per heavy atom. The van der Waals surface area contributed by atoms with Crippen molar-refractivity contribution in [2.24, 2.45) is 0 Å². The van der Waals surface area contributed by atoms with Crippen molar-refractivity contribution in [3.8, 4) is 0 Å². The van der Waals surface area contributed by atoms with E-state index < -0.39 is 16.1 Å². The summed E-state index contributed by atoms with van der Waals surface area (Å²) in [5.74, 6) is -0.373. The molecule has 112 valence electrons. The lowest BCUT2D eigenvalue weighted by molar-refractivity contribution is -0.122. The minimum absolute atomic E-state index is 0.147. The summed E-state index contributed by atoms with van der Waals surface area (Å²) < 4.78 is 26.8. The smallest absolute Gasteiger partial charge is 0.241 e. The molecule has 3 N–H and O–H groups in total. The molecule has 0 spiro atoms. The highest BCUT2D eigenvalue weighted by atomic mass is 32.2. The Morgan fingerprint density at radius 2 is 1.85 bits per heavy atom. The Hall–Kier alpha value is -1.44. The van der Waals surface area contributed by atoms with Crippen molar-refractivity contribution in [2.45, 2.75) is 24.8 Å². The Kier molecular flexibility index (Phi) is 6.12. The number of hydrogen-bond acceptors (Lipinski definition) is 4. The van der Waals surface area contributed by atoms with E-state index in [0.29, 0.717) is 6.54 Å². The molecule has 0 fully saturated rings. The molecule has 0 radical (unpaired) electrons. The molecule has 1 atom stereocenters. The first-order valence-corrected chi connectivity index (χ1v) is 7.90. The van der Waals surface area contributed by atoms with Gasteiger partial charge in [0.1, 0.15) is 6.04 Å². The van der Waals surface area contributed by atoms with Gasteiger partial charge in [0.25, 0.3) is 0 Å². The van der Waals surface area contributed by atoms with Crippen LogP contribution in [0.25, 0.3) is 0 Å². The van der Waals surface area contributed by atoms with Crippen LogP contribution >= 0.6 is 0 Å². The zero-order chi connectivity index (χ0) is 15.2. The van der Waals surface area contributed by atoms with E-state index in [1.165, 1.54) is 19.2 Å². The SMILES string of the molecule is CCNC[C@H](NS(=O)(=O)c1ccc(C)cc1)C(=O)NC. The van der Waals surface area contributed by atoms with Crippen molar-refractivity contribution < 1.29 is 13.2 Å².